The first-order valence-electron chi connectivity index (χ1n) is 11.9. The van der Waals surface area contributed by atoms with Crippen LogP contribution < -0.4 is 21.1 Å². The molecule has 4 N–H and O–H groups in total. The number of nitrogens with one attached hydrogen (secondary N) is 2. The third kappa shape index (κ3) is 6.81. The molecule has 0 bridgehead atoms. The van der Waals surface area contributed by atoms with E-state index in [0.29, 0.717) is 35.5 Å². The molecule has 8 nitrogen and oxygen atoms in total. The average molecular weight is 487 g/mol. The van der Waals surface area contributed by atoms with Crippen molar-refractivity contribution in [1.29, 1.82) is 5.26 Å². The minimum absolute atomic E-state index is 0.277. The maximum Gasteiger partial charge on any atom is 0.168 e. The molecule has 36 heavy (non-hydrogen) atoms. The Balaban J connectivity index is 0.000000338. The van der Waals surface area contributed by atoms with Gasteiger partial charge in [-0.25, -0.2) is 4.98 Å². The van der Waals surface area contributed by atoms with E-state index in [1.54, 1.807) is 13.2 Å². The third-order valence-electron chi connectivity index (χ3n) is 6.25. The summed E-state index contributed by atoms with van der Waals surface area (Å²) in [6, 6.07) is 15.7. The molecule has 1 saturated heterocycles. The number of rotatable bonds is 7. The van der Waals surface area contributed by atoms with Crippen LogP contribution in [-0.2, 0) is 0 Å². The van der Waals surface area contributed by atoms with Gasteiger partial charge in [-0.1, -0.05) is 24.8 Å². The molecule has 0 unspecified atom stereocenters. The fraction of sp³-hybridized carbons (Fsp3) is 0.321. The number of carbonyl (C=O) groups is 1. The van der Waals surface area contributed by atoms with E-state index in [4.69, 9.17) is 15.7 Å². The lowest BCUT2D eigenvalue weighted by atomic mass is 10.0. The van der Waals surface area contributed by atoms with Crippen LogP contribution in [0.2, 0.25) is 0 Å². The molecule has 1 fully saturated rings. The molecule has 8 heteroatoms. The molecule has 0 atom stereocenters. The highest BCUT2D eigenvalue weighted by Crippen LogP contribution is 2.36. The van der Waals surface area contributed by atoms with Crippen molar-refractivity contribution in [1.82, 2.24) is 15.2 Å². The van der Waals surface area contributed by atoms with Crippen molar-refractivity contribution in [2.24, 2.45) is 0 Å². The van der Waals surface area contributed by atoms with Crippen LogP contribution in [0.25, 0.3) is 22.0 Å². The number of pyridine rings is 1. The molecule has 1 aliphatic rings. The molecule has 3 aromatic rings. The van der Waals surface area contributed by atoms with Crippen LogP contribution in [0, 0.1) is 11.3 Å². The SMILES string of the molecule is C=C(C#N)CNc1c(OC)ccc2ccc(-c3cc(N)cc(C=O)n3)cc12.CNC1CCN(C)CC1. The molecule has 0 saturated carbocycles. The highest BCUT2D eigenvalue weighted by Gasteiger charge is 2.14. The summed E-state index contributed by atoms with van der Waals surface area (Å²) < 4.78 is 5.46. The first-order chi connectivity index (χ1) is 17.4. The van der Waals surface area contributed by atoms with Gasteiger partial charge in [0.05, 0.1) is 24.6 Å². The molecular formula is C28H34N6O2. The summed E-state index contributed by atoms with van der Waals surface area (Å²) in [6.45, 7) is 6.51. The number of anilines is 2. The van der Waals surface area contributed by atoms with Gasteiger partial charge >= 0.3 is 0 Å². The number of fused-ring (bicyclic) bond motifs is 1. The number of nitrogens with zero attached hydrogens (tertiary/aromatic N) is 3. The normalized spacial score (nSPS) is 13.8. The van der Waals surface area contributed by atoms with E-state index in [1.165, 1.54) is 32.0 Å². The van der Waals surface area contributed by atoms with Crippen LogP contribution in [0.4, 0.5) is 11.4 Å². The Bertz CT molecular complexity index is 1260. The van der Waals surface area contributed by atoms with Gasteiger partial charge in [0.1, 0.15) is 11.4 Å². The number of nitrogens with two attached hydrogens (primary N) is 1. The van der Waals surface area contributed by atoms with E-state index in [0.717, 1.165) is 28.1 Å². The van der Waals surface area contributed by atoms with E-state index in [1.807, 2.05) is 36.4 Å². The van der Waals surface area contributed by atoms with Crippen LogP contribution in [0.3, 0.4) is 0 Å². The number of methoxy groups -OCH3 is 1. The number of aldehydes is 1. The second-order valence-electron chi connectivity index (χ2n) is 8.84. The quantitative estimate of drug-likeness (QED) is 0.338. The van der Waals surface area contributed by atoms with Crippen molar-refractivity contribution in [3.05, 3.63) is 60.3 Å². The Labute approximate surface area is 212 Å². The highest BCUT2D eigenvalue weighted by atomic mass is 16.5. The standard InChI is InChI=1S/C21H18N4O2.C7H16N2/c1-13(10-22)11-24-21-18-7-15(4-3-14(18)5-6-20(21)27-2)19-9-16(23)8-17(12-26)25-19;1-8-7-3-5-9(2)6-4-7/h3-9,12,24H,1,11H2,2H3,(H2,23,25);7-8H,3-6H2,1-2H3. The predicted molar refractivity (Wildman–Crippen MR) is 146 cm³/mol. The zero-order valence-corrected chi connectivity index (χ0v) is 21.2. The van der Waals surface area contributed by atoms with Gasteiger partial charge in [-0.05, 0) is 69.7 Å². The van der Waals surface area contributed by atoms with E-state index in [-0.39, 0.29) is 5.69 Å². The second-order valence-corrected chi connectivity index (χ2v) is 8.84. The lowest BCUT2D eigenvalue weighted by Crippen LogP contribution is -2.39. The zero-order chi connectivity index (χ0) is 26.1. The summed E-state index contributed by atoms with van der Waals surface area (Å²) in [5, 5.41) is 17.4. The Morgan fingerprint density at radius 1 is 1.28 bits per heavy atom. The molecule has 0 radical (unpaired) electrons. The number of hydrogen-bond acceptors (Lipinski definition) is 8. The summed E-state index contributed by atoms with van der Waals surface area (Å²) in [4.78, 5) is 17.8. The molecule has 1 aromatic heterocycles. The van der Waals surface area contributed by atoms with Gasteiger partial charge in [0.2, 0.25) is 0 Å². The molecule has 0 amide bonds. The maximum absolute atomic E-state index is 11.1. The maximum atomic E-state index is 11.1. The summed E-state index contributed by atoms with van der Waals surface area (Å²) in [5.74, 6) is 0.652. The van der Waals surface area contributed by atoms with Gasteiger partial charge in [0.15, 0.2) is 6.29 Å². The van der Waals surface area contributed by atoms with Crippen LogP contribution >= 0.6 is 0 Å². The fourth-order valence-electron chi connectivity index (χ4n) is 4.13. The largest absolute Gasteiger partial charge is 0.495 e. The third-order valence-corrected chi connectivity index (χ3v) is 6.25. The summed E-state index contributed by atoms with van der Waals surface area (Å²) in [7, 11) is 5.83. The van der Waals surface area contributed by atoms with Gasteiger partial charge in [-0.15, -0.1) is 0 Å². The van der Waals surface area contributed by atoms with Gasteiger partial charge in [0.25, 0.3) is 0 Å². The molecule has 2 heterocycles. The Morgan fingerprint density at radius 3 is 2.64 bits per heavy atom. The van der Waals surface area contributed by atoms with Crippen molar-refractivity contribution < 1.29 is 9.53 Å². The van der Waals surface area contributed by atoms with Crippen LogP contribution in [0.5, 0.6) is 5.75 Å². The number of nitriles is 1. The van der Waals surface area contributed by atoms with Crippen molar-refractivity contribution in [2.75, 3.05) is 51.9 Å². The first kappa shape index (κ1) is 26.7. The molecule has 2 aromatic carbocycles. The van der Waals surface area contributed by atoms with Crippen molar-refractivity contribution in [3.8, 4) is 23.1 Å². The second kappa shape index (κ2) is 12.7. The first-order valence-corrected chi connectivity index (χ1v) is 11.9. The van der Waals surface area contributed by atoms with E-state index in [2.05, 4.69) is 41.2 Å². The zero-order valence-electron chi connectivity index (χ0n) is 21.2. The van der Waals surface area contributed by atoms with Crippen LogP contribution in [-0.4, -0.2) is 63.1 Å². The molecule has 1 aliphatic heterocycles. The highest BCUT2D eigenvalue weighted by molar-refractivity contribution is 5.99. The van der Waals surface area contributed by atoms with Gasteiger partial charge in [0, 0.05) is 34.8 Å². The Kier molecular flexibility index (Phi) is 9.39. The fourth-order valence-corrected chi connectivity index (χ4v) is 4.13. The number of carbonyl (C=O) groups excluding carboxylic acids is 1. The monoisotopic (exact) mass is 486 g/mol. The van der Waals surface area contributed by atoms with Gasteiger partial charge < -0.3 is 26.0 Å². The van der Waals surface area contributed by atoms with Crippen molar-refractivity contribution >= 4 is 28.4 Å². The number of likely N-dealkylation sites (tertiary alicyclic amines) is 1. The minimum atomic E-state index is 0.277. The van der Waals surface area contributed by atoms with Crippen LogP contribution in [0.15, 0.2) is 54.6 Å². The lowest BCUT2D eigenvalue weighted by Gasteiger charge is -2.28. The summed E-state index contributed by atoms with van der Waals surface area (Å²) in [6.07, 6.45) is 3.30. The van der Waals surface area contributed by atoms with Crippen molar-refractivity contribution in [3.63, 3.8) is 0 Å². The van der Waals surface area contributed by atoms with Gasteiger partial charge in [-0.3, -0.25) is 4.79 Å². The number of piperidine rings is 1. The smallest absolute Gasteiger partial charge is 0.168 e. The number of aromatic nitrogens is 1. The number of benzene rings is 2. The Hall–Kier alpha value is -3.93. The molecule has 4 rings (SSSR count). The number of nitrogen functional groups attached to an aromatic ring is 1. The van der Waals surface area contributed by atoms with E-state index < -0.39 is 0 Å². The van der Waals surface area contributed by atoms with E-state index in [9.17, 15) is 4.79 Å². The number of ether oxygens (including phenoxy) is 1. The number of hydrogen-bond donors (Lipinski definition) is 3. The molecule has 188 valence electrons. The molecule has 0 spiro atoms. The average Bonchev–Trinajstić information content (AvgIpc) is 2.91. The summed E-state index contributed by atoms with van der Waals surface area (Å²) in [5.41, 5.74) is 9.22. The topological polar surface area (TPSA) is 116 Å². The van der Waals surface area contributed by atoms with E-state index >= 15 is 0 Å². The van der Waals surface area contributed by atoms with Gasteiger partial charge in [-0.2, -0.15) is 5.26 Å². The molecular weight excluding hydrogens is 452 g/mol. The predicted octanol–water partition coefficient (Wildman–Crippen LogP) is 4.10. The summed E-state index contributed by atoms with van der Waals surface area (Å²) >= 11 is 0. The van der Waals surface area contributed by atoms with Crippen molar-refractivity contribution in [2.45, 2.75) is 18.9 Å². The molecule has 0 aliphatic carbocycles. The minimum Gasteiger partial charge on any atom is -0.495 e. The Morgan fingerprint density at radius 2 is 2.00 bits per heavy atom. The van der Waals surface area contributed by atoms with Crippen LogP contribution in [0.1, 0.15) is 23.3 Å². The lowest BCUT2D eigenvalue weighted by molar-refractivity contribution is 0.111.